The molecule has 4 fully saturated rings. The number of Topliss-reactive ketones (excluding diaryl/α,β-unsaturated/α-hetero) is 1. The van der Waals surface area contributed by atoms with E-state index in [1.165, 1.54) is 6.07 Å². The fourth-order valence-electron chi connectivity index (χ4n) is 11.5. The molecule has 10 nitrogen and oxygen atoms in total. The number of rotatable bonds is 8. The average molecular weight is 879 g/mol. The van der Waals surface area contributed by atoms with E-state index < -0.39 is 34.8 Å². The van der Waals surface area contributed by atoms with Crippen molar-refractivity contribution >= 4 is 58.3 Å². The summed E-state index contributed by atoms with van der Waals surface area (Å²) in [7, 11) is 0. The van der Waals surface area contributed by atoms with Crippen LogP contribution in [0.15, 0.2) is 66.9 Å². The summed E-state index contributed by atoms with van der Waals surface area (Å²) in [5, 5.41) is 9.98. The Morgan fingerprint density at radius 3 is 2.48 bits per heavy atom. The molecule has 4 amide bonds. The van der Waals surface area contributed by atoms with Gasteiger partial charge in [-0.25, -0.2) is 4.39 Å². The first-order valence-corrected chi connectivity index (χ1v) is 22.7. The minimum absolute atomic E-state index is 0.0712. The van der Waals surface area contributed by atoms with Gasteiger partial charge in [-0.2, -0.15) is 0 Å². The minimum Gasteiger partial charge on any atom is -0.341 e. The minimum atomic E-state index is -1.30. The molecule has 13 heteroatoms. The molecule has 3 aromatic carbocycles. The van der Waals surface area contributed by atoms with Crippen LogP contribution in [0.3, 0.4) is 0 Å². The quantitative estimate of drug-likeness (QED) is 0.156. The number of ketones is 1. The molecule has 1 unspecified atom stereocenters. The lowest BCUT2D eigenvalue weighted by Gasteiger charge is -2.47. The normalized spacial score (nSPS) is 25.4. The molecule has 0 aromatic heterocycles. The first-order chi connectivity index (χ1) is 29.9. The number of carbonyl (C=O) groups excluding carboxylic acids is 5. The summed E-state index contributed by atoms with van der Waals surface area (Å²) < 4.78 is 16.3. The van der Waals surface area contributed by atoms with Gasteiger partial charge in [0.2, 0.25) is 17.7 Å². The van der Waals surface area contributed by atoms with Crippen LogP contribution in [0.5, 0.6) is 0 Å². The van der Waals surface area contributed by atoms with Crippen LogP contribution in [-0.4, -0.2) is 69.9 Å². The van der Waals surface area contributed by atoms with Crippen LogP contribution in [0, 0.1) is 23.6 Å². The standard InChI is InChI=1S/C49H50Cl2FN5O5/c1-29-17-20-39(44(59)53-29)57-28-35-30(12-9-13-33(35)45(57)60)11-5-2-3-6-16-40(58)31-21-25-56(26-22-31)46(61)43-41(34-14-10-15-37(51)42(34)52)49(48(55-43)23-7-4-8-24-48)36-19-18-32(50)27-38(36)54-47(49)62/h9-10,12-15,18-19,27,31,39,41,43,55H,1-4,6-8,16-17,20-26,28H2,(H,53,59)(H,54,62)/t39?,41-,43+,49+/m0/s1. The zero-order chi connectivity index (χ0) is 43.3. The summed E-state index contributed by atoms with van der Waals surface area (Å²) in [5.41, 5.74) is 2.25. The zero-order valence-corrected chi connectivity index (χ0v) is 36.1. The Morgan fingerprint density at radius 1 is 0.935 bits per heavy atom. The molecular formula is C49H50Cl2FN5O5. The van der Waals surface area contributed by atoms with Crippen molar-refractivity contribution in [1.29, 1.82) is 0 Å². The predicted octanol–water partition coefficient (Wildman–Crippen LogP) is 7.95. The van der Waals surface area contributed by atoms with Crippen LogP contribution in [0.1, 0.15) is 122 Å². The second-order valence-corrected chi connectivity index (χ2v) is 18.7. The smallest absolute Gasteiger partial charge is 0.255 e. The van der Waals surface area contributed by atoms with E-state index in [9.17, 15) is 24.0 Å². The topological polar surface area (TPSA) is 128 Å². The van der Waals surface area contributed by atoms with Gasteiger partial charge in [0.05, 0.1) is 11.1 Å². The molecule has 2 spiro atoms. The number of anilines is 1. The summed E-state index contributed by atoms with van der Waals surface area (Å²) in [6, 6.07) is 14.2. The molecule has 62 heavy (non-hydrogen) atoms. The number of unbranched alkanes of at least 4 members (excludes halogenated alkanes) is 2. The van der Waals surface area contributed by atoms with E-state index in [2.05, 4.69) is 34.4 Å². The molecule has 5 heterocycles. The van der Waals surface area contributed by atoms with Crippen molar-refractivity contribution in [3.05, 3.63) is 111 Å². The van der Waals surface area contributed by atoms with Gasteiger partial charge in [0, 0.05) is 77.4 Å². The monoisotopic (exact) mass is 877 g/mol. The van der Waals surface area contributed by atoms with E-state index in [0.29, 0.717) is 105 Å². The van der Waals surface area contributed by atoms with Crippen molar-refractivity contribution in [2.24, 2.45) is 5.92 Å². The molecule has 3 saturated heterocycles. The number of allylic oxidation sites excluding steroid dienone is 1. The Balaban J connectivity index is 0.842. The van der Waals surface area contributed by atoms with E-state index in [4.69, 9.17) is 23.2 Å². The molecule has 1 aliphatic carbocycles. The molecular weight excluding hydrogens is 828 g/mol. The molecule has 322 valence electrons. The van der Waals surface area contributed by atoms with E-state index in [0.717, 1.165) is 36.8 Å². The Kier molecular flexibility index (Phi) is 11.5. The largest absolute Gasteiger partial charge is 0.341 e. The van der Waals surface area contributed by atoms with E-state index in [1.54, 1.807) is 40.1 Å². The van der Waals surface area contributed by atoms with Crippen molar-refractivity contribution in [3.63, 3.8) is 0 Å². The number of carbonyl (C=O) groups is 5. The van der Waals surface area contributed by atoms with Crippen LogP contribution in [0.2, 0.25) is 10.0 Å². The maximum Gasteiger partial charge on any atom is 0.255 e. The van der Waals surface area contributed by atoms with Crippen LogP contribution in [0.4, 0.5) is 10.1 Å². The molecule has 6 aliphatic rings. The van der Waals surface area contributed by atoms with Gasteiger partial charge in [-0.15, -0.1) is 0 Å². The highest BCUT2D eigenvalue weighted by Gasteiger charge is 2.72. The number of benzene rings is 3. The van der Waals surface area contributed by atoms with Gasteiger partial charge < -0.3 is 20.4 Å². The third-order valence-corrected chi connectivity index (χ3v) is 15.0. The zero-order valence-electron chi connectivity index (χ0n) is 34.6. The summed E-state index contributed by atoms with van der Waals surface area (Å²) in [6.07, 6.45) is 8.65. The number of nitrogens with one attached hydrogen (secondary N) is 3. The molecule has 3 N–H and O–H groups in total. The number of halogens is 3. The molecule has 4 atom stereocenters. The number of nitrogens with zero attached hydrogens (tertiary/aromatic N) is 2. The maximum absolute atomic E-state index is 16.3. The SMILES string of the molecule is C=C1CCC(N2Cc3c(C#CCCCCC(=O)C4CCN(C(=O)[C@@H]5NC6(CCCCC6)[C@@]6(C(=O)Nc7cc(Cl)ccc76)[C@H]5c5cccc(Cl)c5F)CC4)cccc3C2=O)C(=O)N1. The third kappa shape index (κ3) is 7.12. The van der Waals surface area contributed by atoms with Gasteiger partial charge >= 0.3 is 0 Å². The van der Waals surface area contributed by atoms with E-state index in [1.807, 2.05) is 18.2 Å². The van der Waals surface area contributed by atoms with Crippen LogP contribution < -0.4 is 16.0 Å². The first kappa shape index (κ1) is 42.3. The number of likely N-dealkylation sites (tertiary alicyclic amines) is 1. The molecule has 5 aliphatic heterocycles. The lowest BCUT2D eigenvalue weighted by Crippen LogP contribution is -2.60. The highest BCUT2D eigenvalue weighted by Crippen LogP contribution is 2.63. The van der Waals surface area contributed by atoms with Crippen LogP contribution in [-0.2, 0) is 31.1 Å². The molecule has 3 aromatic rings. The lowest BCUT2D eigenvalue weighted by atomic mass is 9.55. The molecule has 0 bridgehead atoms. The number of piperidine rings is 2. The van der Waals surface area contributed by atoms with Gasteiger partial charge in [-0.3, -0.25) is 29.3 Å². The number of hydrogen-bond acceptors (Lipinski definition) is 6. The highest BCUT2D eigenvalue weighted by molar-refractivity contribution is 6.31. The summed E-state index contributed by atoms with van der Waals surface area (Å²) >= 11 is 12.8. The highest BCUT2D eigenvalue weighted by atomic mass is 35.5. The van der Waals surface area contributed by atoms with Gasteiger partial charge in [-0.1, -0.05) is 85.1 Å². The number of amides is 4. The predicted molar refractivity (Wildman–Crippen MR) is 235 cm³/mol. The van der Waals surface area contributed by atoms with Gasteiger partial charge in [-0.05, 0) is 98.4 Å². The Labute approximate surface area is 371 Å². The van der Waals surface area contributed by atoms with Crippen molar-refractivity contribution in [1.82, 2.24) is 20.4 Å². The second-order valence-electron chi connectivity index (χ2n) is 17.8. The Hall–Kier alpha value is -5.02. The fourth-order valence-corrected chi connectivity index (χ4v) is 11.8. The molecule has 1 saturated carbocycles. The van der Waals surface area contributed by atoms with Crippen molar-refractivity contribution < 1.29 is 28.4 Å². The lowest BCUT2D eigenvalue weighted by molar-refractivity contribution is -0.137. The first-order valence-electron chi connectivity index (χ1n) is 22.0. The Morgan fingerprint density at radius 2 is 1.71 bits per heavy atom. The average Bonchev–Trinajstić information content (AvgIpc) is 3.86. The summed E-state index contributed by atoms with van der Waals surface area (Å²) in [4.78, 5) is 72.3. The third-order valence-electron chi connectivity index (χ3n) is 14.4. The maximum atomic E-state index is 16.3. The summed E-state index contributed by atoms with van der Waals surface area (Å²) in [6.45, 7) is 4.94. The van der Waals surface area contributed by atoms with Crippen molar-refractivity contribution in [3.8, 4) is 11.8 Å². The van der Waals surface area contributed by atoms with Gasteiger partial charge in [0.15, 0.2) is 0 Å². The number of hydrogen-bond donors (Lipinski definition) is 3. The van der Waals surface area contributed by atoms with E-state index in [-0.39, 0.29) is 45.9 Å². The number of fused-ring (bicyclic) bond motifs is 4. The van der Waals surface area contributed by atoms with Crippen molar-refractivity contribution in [2.75, 3.05) is 18.4 Å². The van der Waals surface area contributed by atoms with E-state index >= 15 is 4.39 Å². The van der Waals surface area contributed by atoms with Crippen molar-refractivity contribution in [2.45, 2.75) is 119 Å². The molecule has 0 radical (unpaired) electrons. The fraction of sp³-hybridized carbons (Fsp3) is 0.449. The Bertz CT molecular complexity index is 2450. The summed E-state index contributed by atoms with van der Waals surface area (Å²) in [5.74, 6) is 4.09. The van der Waals surface area contributed by atoms with Crippen LogP contribution >= 0.6 is 23.2 Å². The second kappa shape index (κ2) is 16.9. The van der Waals surface area contributed by atoms with Crippen LogP contribution in [0.25, 0.3) is 0 Å². The van der Waals surface area contributed by atoms with Gasteiger partial charge in [0.25, 0.3) is 5.91 Å². The van der Waals surface area contributed by atoms with Gasteiger partial charge in [0.1, 0.15) is 23.1 Å². The molecule has 9 rings (SSSR count).